The molecule has 166 valence electrons. The standard InChI is InChI=1S/C24H15F3N2O4/c1-29-12-14(11-19-22(31)21-17(30)6-3-7-18(21)32-19)20-16(8-9-28-23(20)29)13-4-2-5-15(10-13)33-24(25,26)27/h2-12,30H,1H3. The Kier molecular flexibility index (Phi) is 4.63. The fraction of sp³-hybridized carbons (Fsp3) is 0.0833. The van der Waals surface area contributed by atoms with E-state index < -0.39 is 12.1 Å². The van der Waals surface area contributed by atoms with Crippen molar-refractivity contribution < 1.29 is 32.5 Å². The highest BCUT2D eigenvalue weighted by Gasteiger charge is 2.32. The largest absolute Gasteiger partial charge is 0.573 e. The second kappa shape index (κ2) is 7.40. The zero-order valence-electron chi connectivity index (χ0n) is 17.1. The van der Waals surface area contributed by atoms with Crippen LogP contribution in [0, 0.1) is 0 Å². The third-order valence-corrected chi connectivity index (χ3v) is 5.23. The number of aromatic nitrogens is 2. The molecule has 3 heterocycles. The van der Waals surface area contributed by atoms with Crippen molar-refractivity contribution in [2.24, 2.45) is 7.05 Å². The summed E-state index contributed by atoms with van der Waals surface area (Å²) in [5.74, 6) is -0.723. The lowest BCUT2D eigenvalue weighted by atomic mass is 10.0. The molecule has 9 heteroatoms. The predicted molar refractivity (Wildman–Crippen MR) is 114 cm³/mol. The Morgan fingerprint density at radius 1 is 1.15 bits per heavy atom. The van der Waals surface area contributed by atoms with Crippen LogP contribution in [0.4, 0.5) is 13.2 Å². The number of phenolic OH excluding ortho intramolecular Hbond substituents is 1. The predicted octanol–water partition coefficient (Wildman–Crippen LogP) is 5.46. The number of carbonyl (C=O) groups is 1. The van der Waals surface area contributed by atoms with Gasteiger partial charge in [-0.15, -0.1) is 13.2 Å². The third kappa shape index (κ3) is 3.67. The summed E-state index contributed by atoms with van der Waals surface area (Å²) >= 11 is 0. The minimum atomic E-state index is -4.81. The molecule has 0 bridgehead atoms. The number of aryl methyl sites for hydroxylation is 1. The van der Waals surface area contributed by atoms with Gasteiger partial charge in [-0.25, -0.2) is 4.98 Å². The molecule has 0 amide bonds. The van der Waals surface area contributed by atoms with E-state index in [-0.39, 0.29) is 28.6 Å². The normalized spacial score (nSPS) is 14.5. The van der Waals surface area contributed by atoms with Crippen LogP contribution < -0.4 is 9.47 Å². The van der Waals surface area contributed by atoms with E-state index in [1.807, 2.05) is 0 Å². The van der Waals surface area contributed by atoms with Gasteiger partial charge in [0, 0.05) is 30.4 Å². The van der Waals surface area contributed by atoms with E-state index in [0.29, 0.717) is 27.7 Å². The van der Waals surface area contributed by atoms with E-state index in [2.05, 4.69) is 9.72 Å². The minimum Gasteiger partial charge on any atom is -0.507 e. The van der Waals surface area contributed by atoms with Gasteiger partial charge in [-0.2, -0.15) is 0 Å². The van der Waals surface area contributed by atoms with Crippen LogP contribution in [-0.2, 0) is 7.05 Å². The number of fused-ring (bicyclic) bond motifs is 2. The van der Waals surface area contributed by atoms with Gasteiger partial charge in [-0.05, 0) is 47.5 Å². The van der Waals surface area contributed by atoms with Crippen molar-refractivity contribution in [1.29, 1.82) is 0 Å². The first-order valence-corrected chi connectivity index (χ1v) is 9.78. The van der Waals surface area contributed by atoms with Gasteiger partial charge >= 0.3 is 6.36 Å². The number of rotatable bonds is 3. The Morgan fingerprint density at radius 2 is 1.94 bits per heavy atom. The average Bonchev–Trinajstić information content (AvgIpc) is 3.25. The Morgan fingerprint density at radius 3 is 2.70 bits per heavy atom. The van der Waals surface area contributed by atoms with Crippen LogP contribution in [-0.4, -0.2) is 26.8 Å². The Bertz CT molecular complexity index is 1450. The fourth-order valence-corrected chi connectivity index (χ4v) is 3.90. The van der Waals surface area contributed by atoms with Crippen LogP contribution in [0.2, 0.25) is 0 Å². The van der Waals surface area contributed by atoms with Crippen LogP contribution in [0.5, 0.6) is 17.2 Å². The molecule has 0 fully saturated rings. The number of allylic oxidation sites excluding steroid dienone is 1. The number of Topliss-reactive ketones (excluding diaryl/α,β-unsaturated/α-hetero) is 1. The van der Waals surface area contributed by atoms with Crippen LogP contribution in [0.3, 0.4) is 0 Å². The molecule has 0 saturated carbocycles. The molecule has 0 radical (unpaired) electrons. The fourth-order valence-electron chi connectivity index (χ4n) is 3.90. The molecule has 0 atom stereocenters. The molecule has 4 aromatic rings. The third-order valence-electron chi connectivity index (χ3n) is 5.23. The maximum Gasteiger partial charge on any atom is 0.573 e. The maximum atomic E-state index is 12.8. The number of hydrogen-bond acceptors (Lipinski definition) is 5. The summed E-state index contributed by atoms with van der Waals surface area (Å²) in [6, 6.07) is 11.9. The van der Waals surface area contributed by atoms with Gasteiger partial charge in [0.05, 0.1) is 0 Å². The summed E-state index contributed by atoms with van der Waals surface area (Å²) in [7, 11) is 1.77. The summed E-state index contributed by atoms with van der Waals surface area (Å²) in [4.78, 5) is 17.2. The first-order valence-electron chi connectivity index (χ1n) is 9.78. The van der Waals surface area contributed by atoms with Gasteiger partial charge in [0.15, 0.2) is 5.76 Å². The molecule has 0 aliphatic carbocycles. The number of phenols is 1. The van der Waals surface area contributed by atoms with Crippen molar-refractivity contribution in [3.05, 3.63) is 77.8 Å². The van der Waals surface area contributed by atoms with Gasteiger partial charge in [0.2, 0.25) is 5.78 Å². The van der Waals surface area contributed by atoms with E-state index in [1.54, 1.807) is 48.3 Å². The van der Waals surface area contributed by atoms with Gasteiger partial charge < -0.3 is 19.1 Å². The number of ketones is 1. The second-order valence-corrected chi connectivity index (χ2v) is 7.42. The second-order valence-electron chi connectivity index (χ2n) is 7.42. The number of benzene rings is 2. The zero-order chi connectivity index (χ0) is 23.3. The topological polar surface area (TPSA) is 73.6 Å². The number of halogens is 3. The van der Waals surface area contributed by atoms with Crippen LogP contribution >= 0.6 is 0 Å². The summed E-state index contributed by atoms with van der Waals surface area (Å²) in [5.41, 5.74) is 2.31. The molecule has 6 nitrogen and oxygen atoms in total. The first kappa shape index (κ1) is 20.6. The van der Waals surface area contributed by atoms with E-state index >= 15 is 0 Å². The van der Waals surface area contributed by atoms with Crippen molar-refractivity contribution in [2.45, 2.75) is 6.36 Å². The maximum absolute atomic E-state index is 12.8. The van der Waals surface area contributed by atoms with Gasteiger partial charge in [-0.1, -0.05) is 18.2 Å². The van der Waals surface area contributed by atoms with Crippen molar-refractivity contribution in [1.82, 2.24) is 9.55 Å². The minimum absolute atomic E-state index is 0.0166. The lowest BCUT2D eigenvalue weighted by molar-refractivity contribution is -0.274. The zero-order valence-corrected chi connectivity index (χ0v) is 17.1. The van der Waals surface area contributed by atoms with Crippen molar-refractivity contribution in [3.63, 3.8) is 0 Å². The number of carbonyl (C=O) groups excluding carboxylic acids is 1. The summed E-state index contributed by atoms with van der Waals surface area (Å²) in [6.07, 6.45) is 0.0152. The Labute approximate surface area is 185 Å². The van der Waals surface area contributed by atoms with E-state index in [1.165, 1.54) is 30.3 Å². The number of hydrogen-bond donors (Lipinski definition) is 1. The molecule has 33 heavy (non-hydrogen) atoms. The smallest absolute Gasteiger partial charge is 0.507 e. The quantitative estimate of drug-likeness (QED) is 0.418. The molecular weight excluding hydrogens is 437 g/mol. The van der Waals surface area contributed by atoms with Crippen molar-refractivity contribution in [2.75, 3.05) is 0 Å². The average molecular weight is 452 g/mol. The molecule has 1 N–H and O–H groups in total. The highest BCUT2D eigenvalue weighted by Crippen LogP contribution is 2.39. The Hall–Kier alpha value is -4.27. The summed E-state index contributed by atoms with van der Waals surface area (Å²) in [5, 5.41) is 10.6. The van der Waals surface area contributed by atoms with Gasteiger partial charge in [-0.3, -0.25) is 4.79 Å². The lowest BCUT2D eigenvalue weighted by Gasteiger charge is -2.11. The number of alkyl halides is 3. The van der Waals surface area contributed by atoms with Crippen LogP contribution in [0.25, 0.3) is 28.2 Å². The van der Waals surface area contributed by atoms with Gasteiger partial charge in [0.25, 0.3) is 0 Å². The number of nitrogens with zero attached hydrogens (tertiary/aromatic N) is 2. The van der Waals surface area contributed by atoms with Crippen LogP contribution in [0.1, 0.15) is 15.9 Å². The van der Waals surface area contributed by atoms with Gasteiger partial charge in [0.1, 0.15) is 28.5 Å². The molecule has 1 aliphatic heterocycles. The molecule has 0 saturated heterocycles. The first-order chi connectivity index (χ1) is 15.7. The van der Waals surface area contributed by atoms with E-state index in [4.69, 9.17) is 4.74 Å². The lowest BCUT2D eigenvalue weighted by Crippen LogP contribution is -2.17. The number of pyridine rings is 1. The SMILES string of the molecule is Cn1cc(C=C2Oc3cccc(O)c3C2=O)c2c(-c3cccc(OC(F)(F)F)c3)ccnc21. The number of aromatic hydroxyl groups is 1. The summed E-state index contributed by atoms with van der Waals surface area (Å²) in [6.45, 7) is 0. The monoisotopic (exact) mass is 452 g/mol. The Balaban J connectivity index is 1.64. The van der Waals surface area contributed by atoms with Crippen LogP contribution in [0.15, 0.2) is 66.7 Å². The molecule has 0 unspecified atom stereocenters. The van der Waals surface area contributed by atoms with E-state index in [9.17, 15) is 23.1 Å². The van der Waals surface area contributed by atoms with E-state index in [0.717, 1.165) is 0 Å². The highest BCUT2D eigenvalue weighted by molar-refractivity contribution is 6.17. The number of ether oxygens (including phenoxy) is 2. The summed E-state index contributed by atoms with van der Waals surface area (Å²) < 4.78 is 49.5. The molecular formula is C24H15F3N2O4. The highest BCUT2D eigenvalue weighted by atomic mass is 19.4. The molecule has 1 aliphatic rings. The van der Waals surface area contributed by atoms with Crippen molar-refractivity contribution in [3.8, 4) is 28.4 Å². The molecule has 0 spiro atoms. The molecule has 2 aromatic carbocycles. The molecule has 5 rings (SSSR count). The molecule has 2 aromatic heterocycles. The van der Waals surface area contributed by atoms with Crippen molar-refractivity contribution >= 4 is 22.9 Å².